The maximum Gasteiger partial charge on any atom is 0.358 e. The molecule has 0 saturated heterocycles. The van der Waals surface area contributed by atoms with Crippen LogP contribution in [0.3, 0.4) is 0 Å². The van der Waals surface area contributed by atoms with Crippen molar-refractivity contribution in [3.8, 4) is 0 Å². The molecule has 0 aliphatic heterocycles. The standard InChI is InChI=1S/C13H18N2O4S/c1-4-19-9-5-8(6-9)14-13-15-10(12(17)18-3)11(20-13)7(2)16/h8-9H,4-6H2,1-3H3,(H,14,15). The van der Waals surface area contributed by atoms with E-state index in [-0.39, 0.29) is 17.5 Å². The number of carbonyl (C=O) groups excluding carboxylic acids is 2. The van der Waals surface area contributed by atoms with Gasteiger partial charge in [0.1, 0.15) is 4.88 Å². The Balaban J connectivity index is 2.03. The first-order valence-corrected chi connectivity index (χ1v) is 7.35. The average molecular weight is 298 g/mol. The summed E-state index contributed by atoms with van der Waals surface area (Å²) in [6, 6.07) is 0.281. The predicted octanol–water partition coefficient (Wildman–Crippen LogP) is 2.11. The Bertz CT molecular complexity index is 508. The molecule has 1 aliphatic carbocycles. The van der Waals surface area contributed by atoms with Gasteiger partial charge in [0.2, 0.25) is 0 Å². The molecule has 6 nitrogen and oxygen atoms in total. The fraction of sp³-hybridized carbons (Fsp3) is 0.615. The maximum atomic E-state index is 11.6. The Kier molecular flexibility index (Phi) is 4.72. The van der Waals surface area contributed by atoms with Crippen molar-refractivity contribution in [3.05, 3.63) is 10.6 Å². The quantitative estimate of drug-likeness (QED) is 0.640. The fourth-order valence-corrected chi connectivity index (χ4v) is 3.01. The zero-order valence-corrected chi connectivity index (χ0v) is 12.6. The van der Waals surface area contributed by atoms with Crippen LogP contribution in [0.4, 0.5) is 5.13 Å². The number of anilines is 1. The van der Waals surface area contributed by atoms with Crippen molar-refractivity contribution in [1.29, 1.82) is 0 Å². The third-order valence-electron chi connectivity index (χ3n) is 3.15. The van der Waals surface area contributed by atoms with E-state index >= 15 is 0 Å². The second-order valence-electron chi connectivity index (χ2n) is 4.63. The number of carbonyl (C=O) groups is 2. The van der Waals surface area contributed by atoms with Crippen LogP contribution in [0.25, 0.3) is 0 Å². The summed E-state index contributed by atoms with van der Waals surface area (Å²) in [6.45, 7) is 4.11. The number of thiazole rings is 1. The van der Waals surface area contributed by atoms with Crippen molar-refractivity contribution < 1.29 is 19.1 Å². The summed E-state index contributed by atoms with van der Waals surface area (Å²) < 4.78 is 10.1. The van der Waals surface area contributed by atoms with Crippen molar-refractivity contribution in [2.45, 2.75) is 38.8 Å². The summed E-state index contributed by atoms with van der Waals surface area (Å²) in [4.78, 5) is 27.6. The minimum atomic E-state index is -0.583. The van der Waals surface area contributed by atoms with Crippen molar-refractivity contribution in [3.63, 3.8) is 0 Å². The van der Waals surface area contributed by atoms with E-state index in [1.807, 2.05) is 6.92 Å². The largest absolute Gasteiger partial charge is 0.464 e. The van der Waals surface area contributed by atoms with Gasteiger partial charge in [-0.15, -0.1) is 0 Å². The Morgan fingerprint density at radius 1 is 1.45 bits per heavy atom. The second kappa shape index (κ2) is 6.32. The summed E-state index contributed by atoms with van der Waals surface area (Å²) in [5, 5.41) is 3.81. The molecule has 0 atom stereocenters. The van der Waals surface area contributed by atoms with E-state index in [4.69, 9.17) is 4.74 Å². The van der Waals surface area contributed by atoms with Crippen molar-refractivity contribution >= 4 is 28.2 Å². The lowest BCUT2D eigenvalue weighted by molar-refractivity contribution is 0.00298. The van der Waals surface area contributed by atoms with Gasteiger partial charge >= 0.3 is 5.97 Å². The van der Waals surface area contributed by atoms with E-state index in [0.29, 0.717) is 16.1 Å². The lowest BCUT2D eigenvalue weighted by Gasteiger charge is -2.35. The van der Waals surface area contributed by atoms with Gasteiger partial charge < -0.3 is 14.8 Å². The van der Waals surface area contributed by atoms with E-state index in [9.17, 15) is 9.59 Å². The molecule has 110 valence electrons. The Hall–Kier alpha value is -1.47. The topological polar surface area (TPSA) is 77.5 Å². The molecule has 1 aromatic rings. The molecule has 0 amide bonds. The van der Waals surface area contributed by atoms with Gasteiger partial charge in [-0.2, -0.15) is 0 Å². The first-order chi connectivity index (χ1) is 9.55. The third-order valence-corrected chi connectivity index (χ3v) is 4.24. The van der Waals surface area contributed by atoms with E-state index in [1.54, 1.807) is 0 Å². The minimum Gasteiger partial charge on any atom is -0.464 e. The number of nitrogens with zero attached hydrogens (tertiary/aromatic N) is 1. The molecule has 1 saturated carbocycles. The summed E-state index contributed by atoms with van der Waals surface area (Å²) >= 11 is 1.19. The maximum absolute atomic E-state index is 11.6. The smallest absolute Gasteiger partial charge is 0.358 e. The molecule has 0 unspecified atom stereocenters. The van der Waals surface area contributed by atoms with Crippen molar-refractivity contribution in [1.82, 2.24) is 4.98 Å². The number of rotatable bonds is 6. The molecular formula is C13H18N2O4S. The van der Waals surface area contributed by atoms with Crippen LogP contribution in [-0.2, 0) is 9.47 Å². The van der Waals surface area contributed by atoms with Gasteiger partial charge in [0.05, 0.1) is 13.2 Å². The first-order valence-electron chi connectivity index (χ1n) is 6.53. The summed E-state index contributed by atoms with van der Waals surface area (Å²) in [7, 11) is 1.28. The highest BCUT2D eigenvalue weighted by molar-refractivity contribution is 7.17. The highest BCUT2D eigenvalue weighted by atomic mass is 32.1. The van der Waals surface area contributed by atoms with E-state index in [2.05, 4.69) is 15.0 Å². The van der Waals surface area contributed by atoms with Crippen LogP contribution in [0.5, 0.6) is 0 Å². The molecule has 1 aromatic heterocycles. The number of Topliss-reactive ketones (excluding diaryl/α,β-unsaturated/α-hetero) is 1. The number of ketones is 1. The highest BCUT2D eigenvalue weighted by Crippen LogP contribution is 2.30. The zero-order chi connectivity index (χ0) is 14.7. The molecule has 0 radical (unpaired) electrons. The number of methoxy groups -OCH3 is 1. The Morgan fingerprint density at radius 3 is 2.70 bits per heavy atom. The van der Waals surface area contributed by atoms with Crippen LogP contribution in [0.2, 0.25) is 0 Å². The molecule has 1 aliphatic rings. The molecule has 1 heterocycles. The van der Waals surface area contributed by atoms with Crippen LogP contribution in [0, 0.1) is 0 Å². The van der Waals surface area contributed by atoms with Gasteiger partial charge in [0, 0.05) is 19.6 Å². The van der Waals surface area contributed by atoms with Gasteiger partial charge in [-0.3, -0.25) is 4.79 Å². The van der Waals surface area contributed by atoms with E-state index in [0.717, 1.165) is 19.4 Å². The molecule has 2 rings (SSSR count). The molecule has 1 fully saturated rings. The lowest BCUT2D eigenvalue weighted by Crippen LogP contribution is -2.40. The summed E-state index contributed by atoms with van der Waals surface area (Å²) in [6.07, 6.45) is 2.12. The van der Waals surface area contributed by atoms with E-state index in [1.165, 1.54) is 25.4 Å². The third kappa shape index (κ3) is 3.16. The monoisotopic (exact) mass is 298 g/mol. The molecule has 0 bridgehead atoms. The van der Waals surface area contributed by atoms with Crippen molar-refractivity contribution in [2.75, 3.05) is 19.0 Å². The molecule has 7 heteroatoms. The van der Waals surface area contributed by atoms with Crippen LogP contribution >= 0.6 is 11.3 Å². The van der Waals surface area contributed by atoms with Gasteiger partial charge in [0.15, 0.2) is 16.6 Å². The SMILES string of the molecule is CCOC1CC(Nc2nc(C(=O)OC)c(C(C)=O)s2)C1. The highest BCUT2D eigenvalue weighted by Gasteiger charge is 2.31. The molecule has 20 heavy (non-hydrogen) atoms. The summed E-state index contributed by atoms with van der Waals surface area (Å²) in [5.74, 6) is -0.767. The molecule has 0 aromatic carbocycles. The lowest BCUT2D eigenvalue weighted by atomic mass is 9.89. The normalized spacial score (nSPS) is 21.1. The minimum absolute atomic E-state index is 0.0909. The first kappa shape index (κ1) is 14.9. The fourth-order valence-electron chi connectivity index (χ4n) is 2.09. The van der Waals surface area contributed by atoms with Gasteiger partial charge in [-0.1, -0.05) is 11.3 Å². The molecule has 1 N–H and O–H groups in total. The number of nitrogens with one attached hydrogen (secondary N) is 1. The predicted molar refractivity (Wildman–Crippen MR) is 75.5 cm³/mol. The van der Waals surface area contributed by atoms with Crippen LogP contribution < -0.4 is 5.32 Å². The van der Waals surface area contributed by atoms with Gasteiger partial charge in [-0.05, 0) is 19.8 Å². The van der Waals surface area contributed by atoms with Gasteiger partial charge in [-0.25, -0.2) is 9.78 Å². The van der Waals surface area contributed by atoms with Crippen LogP contribution in [-0.4, -0.2) is 42.6 Å². The van der Waals surface area contributed by atoms with Crippen LogP contribution in [0.1, 0.15) is 46.8 Å². The number of aromatic nitrogens is 1. The number of hydrogen-bond donors (Lipinski definition) is 1. The second-order valence-corrected chi connectivity index (χ2v) is 5.63. The van der Waals surface area contributed by atoms with Crippen molar-refractivity contribution in [2.24, 2.45) is 0 Å². The molecular weight excluding hydrogens is 280 g/mol. The Labute approximate surface area is 121 Å². The number of ether oxygens (including phenoxy) is 2. The Morgan fingerprint density at radius 2 is 2.15 bits per heavy atom. The average Bonchev–Trinajstić information content (AvgIpc) is 2.79. The summed E-state index contributed by atoms with van der Waals surface area (Å²) in [5.41, 5.74) is 0.0909. The molecule has 0 spiro atoms. The van der Waals surface area contributed by atoms with Gasteiger partial charge in [0.25, 0.3) is 0 Å². The zero-order valence-electron chi connectivity index (χ0n) is 11.8. The number of hydrogen-bond acceptors (Lipinski definition) is 7. The van der Waals surface area contributed by atoms with Crippen LogP contribution in [0.15, 0.2) is 0 Å². The number of esters is 1. The van der Waals surface area contributed by atoms with E-state index < -0.39 is 5.97 Å².